The molecule has 1 heterocycles. The van der Waals surface area contributed by atoms with Crippen LogP contribution in [0.5, 0.6) is 0 Å². The molecule has 0 aliphatic heterocycles. The predicted octanol–water partition coefficient (Wildman–Crippen LogP) is 3.70. The number of nitrogens with zero attached hydrogens (tertiary/aromatic N) is 1. The minimum absolute atomic E-state index is 0.0277. The van der Waals surface area contributed by atoms with Crippen molar-refractivity contribution in [1.82, 2.24) is 4.98 Å². The summed E-state index contributed by atoms with van der Waals surface area (Å²) in [6.07, 6.45) is 1.72. The summed E-state index contributed by atoms with van der Waals surface area (Å²) >= 11 is 0. The summed E-state index contributed by atoms with van der Waals surface area (Å²) in [7, 11) is 0. The van der Waals surface area contributed by atoms with Crippen LogP contribution in [-0.2, 0) is 0 Å². The fourth-order valence-electron chi connectivity index (χ4n) is 2.32. The number of carbonyl (C=O) groups excluding carboxylic acids is 1. The molecule has 118 valence electrons. The number of aromatic carboxylic acids is 1. The zero-order chi connectivity index (χ0) is 16.9. The van der Waals surface area contributed by atoms with E-state index in [0.717, 1.165) is 11.3 Å². The van der Waals surface area contributed by atoms with Crippen molar-refractivity contribution in [3.05, 3.63) is 84.1 Å². The van der Waals surface area contributed by atoms with E-state index in [1.807, 2.05) is 30.3 Å². The lowest BCUT2D eigenvalue weighted by atomic mass is 10.1. The van der Waals surface area contributed by atoms with Crippen LogP contribution in [0.2, 0.25) is 0 Å². The van der Waals surface area contributed by atoms with Gasteiger partial charge in [0.2, 0.25) is 0 Å². The lowest BCUT2D eigenvalue weighted by Gasteiger charge is -2.08. The standard InChI is InChI=1S/C19H14N2O3/c22-18(15-5-1-2-6-16(15)19(23)24)21-14-10-8-13(9-11-14)17-7-3-4-12-20-17/h1-12H,(H,21,22)(H,23,24). The van der Waals surface area contributed by atoms with Crippen LogP contribution in [0.3, 0.4) is 0 Å². The average molecular weight is 318 g/mol. The molecule has 5 nitrogen and oxygen atoms in total. The van der Waals surface area contributed by atoms with Crippen LogP contribution < -0.4 is 5.32 Å². The number of aromatic nitrogens is 1. The third kappa shape index (κ3) is 3.30. The first-order valence-corrected chi connectivity index (χ1v) is 7.30. The lowest BCUT2D eigenvalue weighted by molar-refractivity contribution is 0.0692. The minimum Gasteiger partial charge on any atom is -0.478 e. The van der Waals surface area contributed by atoms with E-state index in [4.69, 9.17) is 5.11 Å². The van der Waals surface area contributed by atoms with Crippen molar-refractivity contribution in [2.45, 2.75) is 0 Å². The van der Waals surface area contributed by atoms with Gasteiger partial charge in [0.1, 0.15) is 0 Å². The van der Waals surface area contributed by atoms with E-state index in [1.54, 1.807) is 30.5 Å². The Labute approximate surface area is 138 Å². The second-order valence-corrected chi connectivity index (χ2v) is 5.10. The van der Waals surface area contributed by atoms with Crippen LogP contribution in [0, 0.1) is 0 Å². The topological polar surface area (TPSA) is 79.3 Å². The number of carboxylic acids is 1. The van der Waals surface area contributed by atoms with Gasteiger partial charge in [-0.1, -0.05) is 30.3 Å². The molecule has 3 aromatic rings. The van der Waals surface area contributed by atoms with E-state index in [2.05, 4.69) is 10.3 Å². The largest absolute Gasteiger partial charge is 0.478 e. The fraction of sp³-hybridized carbons (Fsp3) is 0. The summed E-state index contributed by atoms with van der Waals surface area (Å²) in [6.45, 7) is 0. The number of rotatable bonds is 4. The molecule has 24 heavy (non-hydrogen) atoms. The van der Waals surface area contributed by atoms with E-state index in [0.29, 0.717) is 5.69 Å². The first kappa shape index (κ1) is 15.4. The summed E-state index contributed by atoms with van der Waals surface area (Å²) in [5.74, 6) is -1.59. The van der Waals surface area contributed by atoms with Crippen LogP contribution in [0.1, 0.15) is 20.7 Å². The number of anilines is 1. The molecule has 0 aliphatic rings. The number of nitrogens with one attached hydrogen (secondary N) is 1. The van der Waals surface area contributed by atoms with Gasteiger partial charge in [0.25, 0.3) is 5.91 Å². The number of carboxylic acid groups (broad SMARTS) is 1. The van der Waals surface area contributed by atoms with Gasteiger partial charge in [-0.3, -0.25) is 9.78 Å². The van der Waals surface area contributed by atoms with Crippen LogP contribution in [0.4, 0.5) is 5.69 Å². The maximum Gasteiger partial charge on any atom is 0.336 e. The van der Waals surface area contributed by atoms with Gasteiger partial charge in [-0.25, -0.2) is 4.79 Å². The smallest absolute Gasteiger partial charge is 0.336 e. The summed E-state index contributed by atoms with van der Waals surface area (Å²) in [5, 5.41) is 11.9. The van der Waals surface area contributed by atoms with E-state index in [9.17, 15) is 9.59 Å². The molecule has 2 N–H and O–H groups in total. The molecule has 0 saturated heterocycles. The lowest BCUT2D eigenvalue weighted by Crippen LogP contribution is -2.16. The van der Waals surface area contributed by atoms with Crippen molar-refractivity contribution in [2.24, 2.45) is 0 Å². The van der Waals surface area contributed by atoms with Gasteiger partial charge in [0.05, 0.1) is 16.8 Å². The molecule has 5 heteroatoms. The summed E-state index contributed by atoms with van der Waals surface area (Å²) in [5.41, 5.74) is 2.45. The Bertz CT molecular complexity index is 875. The second-order valence-electron chi connectivity index (χ2n) is 5.10. The van der Waals surface area contributed by atoms with Gasteiger partial charge in [-0.2, -0.15) is 0 Å². The number of hydrogen-bond donors (Lipinski definition) is 2. The first-order chi connectivity index (χ1) is 11.6. The van der Waals surface area contributed by atoms with Crippen LogP contribution in [0.15, 0.2) is 72.9 Å². The normalized spacial score (nSPS) is 10.2. The van der Waals surface area contributed by atoms with Gasteiger partial charge in [0.15, 0.2) is 0 Å². The number of pyridine rings is 1. The molecule has 0 atom stereocenters. The molecule has 3 rings (SSSR count). The SMILES string of the molecule is O=C(O)c1ccccc1C(=O)Nc1ccc(-c2ccccn2)cc1. The molecule has 2 aromatic carbocycles. The summed E-state index contributed by atoms with van der Waals surface area (Å²) < 4.78 is 0. The molecule has 0 bridgehead atoms. The predicted molar refractivity (Wildman–Crippen MR) is 91.0 cm³/mol. The van der Waals surface area contributed by atoms with E-state index >= 15 is 0 Å². The van der Waals surface area contributed by atoms with Crippen LogP contribution in [-0.4, -0.2) is 22.0 Å². The zero-order valence-electron chi connectivity index (χ0n) is 12.6. The monoisotopic (exact) mass is 318 g/mol. The van der Waals surface area contributed by atoms with Crippen LogP contribution >= 0.6 is 0 Å². The number of amides is 1. The molecule has 1 aromatic heterocycles. The van der Waals surface area contributed by atoms with Gasteiger partial charge in [-0.05, 0) is 36.4 Å². The second kappa shape index (κ2) is 6.75. The van der Waals surface area contributed by atoms with Crippen molar-refractivity contribution < 1.29 is 14.7 Å². The first-order valence-electron chi connectivity index (χ1n) is 7.30. The third-order valence-electron chi connectivity index (χ3n) is 3.51. The Morgan fingerprint density at radius 3 is 2.12 bits per heavy atom. The molecule has 0 saturated carbocycles. The van der Waals surface area contributed by atoms with Crippen molar-refractivity contribution >= 4 is 17.6 Å². The summed E-state index contributed by atoms with van der Waals surface area (Å²) in [6, 6.07) is 19.0. The number of hydrogen-bond acceptors (Lipinski definition) is 3. The molecule has 0 unspecified atom stereocenters. The highest BCUT2D eigenvalue weighted by molar-refractivity contribution is 6.10. The Morgan fingerprint density at radius 1 is 0.833 bits per heavy atom. The van der Waals surface area contributed by atoms with Gasteiger partial charge < -0.3 is 10.4 Å². The quantitative estimate of drug-likeness (QED) is 0.769. The Kier molecular flexibility index (Phi) is 4.34. The summed E-state index contributed by atoms with van der Waals surface area (Å²) in [4.78, 5) is 27.8. The number of benzene rings is 2. The van der Waals surface area contributed by atoms with Gasteiger partial charge in [0, 0.05) is 17.4 Å². The maximum atomic E-state index is 12.3. The van der Waals surface area contributed by atoms with Crippen LogP contribution in [0.25, 0.3) is 11.3 Å². The molecule has 0 fully saturated rings. The van der Waals surface area contributed by atoms with Crippen molar-refractivity contribution in [1.29, 1.82) is 0 Å². The highest BCUT2D eigenvalue weighted by Crippen LogP contribution is 2.20. The average Bonchev–Trinajstić information content (AvgIpc) is 2.63. The highest BCUT2D eigenvalue weighted by Gasteiger charge is 2.15. The van der Waals surface area contributed by atoms with Crippen molar-refractivity contribution in [3.63, 3.8) is 0 Å². The van der Waals surface area contributed by atoms with Gasteiger partial charge >= 0.3 is 5.97 Å². The Balaban J connectivity index is 1.80. The van der Waals surface area contributed by atoms with E-state index in [-0.39, 0.29) is 11.1 Å². The molecule has 0 aliphatic carbocycles. The van der Waals surface area contributed by atoms with Crippen molar-refractivity contribution in [3.8, 4) is 11.3 Å². The maximum absolute atomic E-state index is 12.3. The Morgan fingerprint density at radius 2 is 1.50 bits per heavy atom. The zero-order valence-corrected chi connectivity index (χ0v) is 12.6. The number of carbonyl (C=O) groups is 2. The molecule has 0 spiro atoms. The van der Waals surface area contributed by atoms with E-state index in [1.165, 1.54) is 12.1 Å². The molecule has 0 radical (unpaired) electrons. The molecule has 1 amide bonds. The minimum atomic E-state index is -1.13. The van der Waals surface area contributed by atoms with Crippen molar-refractivity contribution in [2.75, 3.05) is 5.32 Å². The third-order valence-corrected chi connectivity index (χ3v) is 3.51. The molecular formula is C19H14N2O3. The Hall–Kier alpha value is -3.47. The fourth-order valence-corrected chi connectivity index (χ4v) is 2.32. The van der Waals surface area contributed by atoms with Gasteiger partial charge in [-0.15, -0.1) is 0 Å². The molecular weight excluding hydrogens is 304 g/mol. The van der Waals surface area contributed by atoms with E-state index < -0.39 is 11.9 Å². The highest BCUT2D eigenvalue weighted by atomic mass is 16.4.